The van der Waals surface area contributed by atoms with E-state index in [-0.39, 0.29) is 5.91 Å². The summed E-state index contributed by atoms with van der Waals surface area (Å²) in [4.78, 5) is 19.1. The third kappa shape index (κ3) is 4.89. The maximum atomic E-state index is 13.0. The predicted molar refractivity (Wildman–Crippen MR) is 100 cm³/mol. The molecule has 0 spiro atoms. The average molecular weight is 337 g/mol. The summed E-state index contributed by atoms with van der Waals surface area (Å²) in [5, 5.41) is 3.41. The largest absolute Gasteiger partial charge is 0.334 e. The van der Waals surface area contributed by atoms with Gasteiger partial charge >= 0.3 is 0 Å². The van der Waals surface area contributed by atoms with Crippen LogP contribution in [0, 0.1) is 5.92 Å². The first-order valence-corrected chi connectivity index (χ1v) is 9.24. The lowest BCUT2D eigenvalue weighted by Crippen LogP contribution is -2.31. The van der Waals surface area contributed by atoms with Crippen LogP contribution in [0.15, 0.2) is 48.8 Å². The maximum Gasteiger partial charge on any atom is 0.254 e. The predicted octanol–water partition coefficient (Wildman–Crippen LogP) is 3.29. The lowest BCUT2D eigenvalue weighted by Gasteiger charge is -2.22. The van der Waals surface area contributed by atoms with Crippen LogP contribution in [-0.2, 0) is 13.0 Å². The van der Waals surface area contributed by atoms with Crippen LogP contribution < -0.4 is 5.32 Å². The van der Waals surface area contributed by atoms with Crippen LogP contribution in [0.1, 0.15) is 41.3 Å². The van der Waals surface area contributed by atoms with E-state index in [1.54, 1.807) is 6.20 Å². The first-order valence-electron chi connectivity index (χ1n) is 9.24. The molecule has 132 valence electrons. The van der Waals surface area contributed by atoms with Crippen molar-refractivity contribution in [2.45, 2.75) is 32.7 Å². The van der Waals surface area contributed by atoms with Gasteiger partial charge in [0, 0.05) is 31.0 Å². The Hall–Kier alpha value is -2.20. The zero-order chi connectivity index (χ0) is 17.5. The van der Waals surface area contributed by atoms with Crippen molar-refractivity contribution in [1.82, 2.24) is 15.2 Å². The van der Waals surface area contributed by atoms with Gasteiger partial charge in [0.25, 0.3) is 5.91 Å². The Morgan fingerprint density at radius 1 is 1.28 bits per heavy atom. The number of nitrogens with zero attached hydrogens (tertiary/aromatic N) is 2. The van der Waals surface area contributed by atoms with Crippen molar-refractivity contribution in [1.29, 1.82) is 0 Å². The molecule has 1 aliphatic rings. The molecule has 1 saturated heterocycles. The van der Waals surface area contributed by atoms with E-state index in [1.807, 2.05) is 35.4 Å². The van der Waals surface area contributed by atoms with Gasteiger partial charge in [-0.1, -0.05) is 25.1 Å². The minimum atomic E-state index is 0.108. The number of aromatic nitrogens is 1. The van der Waals surface area contributed by atoms with Gasteiger partial charge in [0.05, 0.1) is 0 Å². The first-order chi connectivity index (χ1) is 12.3. The van der Waals surface area contributed by atoms with Crippen molar-refractivity contribution in [3.63, 3.8) is 0 Å². The smallest absolute Gasteiger partial charge is 0.254 e. The molecule has 1 aromatic heterocycles. The Labute approximate surface area is 150 Å². The Bertz CT molecular complexity index is 681. The number of rotatable bonds is 7. The molecule has 0 bridgehead atoms. The fourth-order valence-electron chi connectivity index (χ4n) is 3.47. The summed E-state index contributed by atoms with van der Waals surface area (Å²) in [6.07, 6.45) is 6.81. The molecule has 1 atom stereocenters. The number of amides is 1. The van der Waals surface area contributed by atoms with E-state index in [2.05, 4.69) is 29.4 Å². The Morgan fingerprint density at radius 2 is 2.16 bits per heavy atom. The molecule has 2 heterocycles. The van der Waals surface area contributed by atoms with Gasteiger partial charge in [0.15, 0.2) is 0 Å². The second-order valence-electron chi connectivity index (χ2n) is 6.85. The number of hydrogen-bond acceptors (Lipinski definition) is 3. The van der Waals surface area contributed by atoms with E-state index in [0.717, 1.165) is 43.6 Å². The molecular formula is C21H27N3O. The molecule has 1 unspecified atom stereocenters. The Morgan fingerprint density at radius 3 is 2.88 bits per heavy atom. The van der Waals surface area contributed by atoms with Gasteiger partial charge in [-0.3, -0.25) is 9.78 Å². The van der Waals surface area contributed by atoms with Gasteiger partial charge in [-0.25, -0.2) is 0 Å². The Balaban J connectivity index is 1.72. The van der Waals surface area contributed by atoms with E-state index >= 15 is 0 Å². The van der Waals surface area contributed by atoms with Gasteiger partial charge in [0.2, 0.25) is 0 Å². The molecule has 4 heteroatoms. The maximum absolute atomic E-state index is 13.0. The van der Waals surface area contributed by atoms with Crippen molar-refractivity contribution < 1.29 is 4.79 Å². The second-order valence-corrected chi connectivity index (χ2v) is 6.85. The van der Waals surface area contributed by atoms with Crippen molar-refractivity contribution >= 4 is 5.91 Å². The summed E-state index contributed by atoms with van der Waals surface area (Å²) in [7, 11) is 0. The van der Waals surface area contributed by atoms with Crippen LogP contribution in [0.25, 0.3) is 0 Å². The number of carbonyl (C=O) groups excluding carboxylic acids is 1. The highest BCUT2D eigenvalue weighted by Gasteiger charge is 2.18. The lowest BCUT2D eigenvalue weighted by molar-refractivity contribution is 0.0743. The van der Waals surface area contributed by atoms with Crippen LogP contribution in [-0.4, -0.2) is 35.4 Å². The number of benzene rings is 1. The molecule has 0 aliphatic carbocycles. The summed E-state index contributed by atoms with van der Waals surface area (Å²) < 4.78 is 0. The van der Waals surface area contributed by atoms with Crippen molar-refractivity contribution in [3.05, 3.63) is 65.5 Å². The fourth-order valence-corrected chi connectivity index (χ4v) is 3.47. The van der Waals surface area contributed by atoms with Gasteiger partial charge in [-0.2, -0.15) is 0 Å². The molecule has 3 rings (SSSR count). The normalized spacial score (nSPS) is 16.8. The van der Waals surface area contributed by atoms with E-state index in [0.29, 0.717) is 12.5 Å². The van der Waals surface area contributed by atoms with Gasteiger partial charge < -0.3 is 10.2 Å². The molecule has 1 amide bonds. The van der Waals surface area contributed by atoms with Crippen LogP contribution in [0.4, 0.5) is 0 Å². The SMILES string of the molecule is CCCN(Cc1cccnc1)C(=O)c1cccc(CC2CCNC2)c1. The van der Waals surface area contributed by atoms with E-state index in [9.17, 15) is 4.79 Å². The quantitative estimate of drug-likeness (QED) is 0.843. The third-order valence-electron chi connectivity index (χ3n) is 4.74. The Kier molecular flexibility index (Phi) is 6.18. The molecule has 1 fully saturated rings. The number of carbonyl (C=O) groups is 1. The highest BCUT2D eigenvalue weighted by Crippen LogP contribution is 2.18. The van der Waals surface area contributed by atoms with Gasteiger partial charge in [0.1, 0.15) is 0 Å². The van der Waals surface area contributed by atoms with Crippen molar-refractivity contribution in [2.24, 2.45) is 5.92 Å². The van der Waals surface area contributed by atoms with Crippen LogP contribution in [0.2, 0.25) is 0 Å². The molecule has 1 aliphatic heterocycles. The van der Waals surface area contributed by atoms with Crippen LogP contribution in [0.5, 0.6) is 0 Å². The second kappa shape index (κ2) is 8.77. The third-order valence-corrected chi connectivity index (χ3v) is 4.74. The summed E-state index contributed by atoms with van der Waals surface area (Å²) >= 11 is 0. The standard InChI is InChI=1S/C21H27N3O/c1-2-11-24(16-19-6-4-9-22-15-19)21(25)20-7-3-5-17(13-20)12-18-8-10-23-14-18/h3-7,9,13,15,18,23H,2,8,10-12,14,16H2,1H3. The van der Waals surface area contributed by atoms with E-state index < -0.39 is 0 Å². The highest BCUT2D eigenvalue weighted by atomic mass is 16.2. The van der Waals surface area contributed by atoms with E-state index in [4.69, 9.17) is 0 Å². The summed E-state index contributed by atoms with van der Waals surface area (Å²) in [6.45, 7) is 5.66. The number of hydrogen-bond donors (Lipinski definition) is 1. The van der Waals surface area contributed by atoms with Gasteiger partial charge in [-0.05, 0) is 67.6 Å². The van der Waals surface area contributed by atoms with Gasteiger partial charge in [-0.15, -0.1) is 0 Å². The number of nitrogens with one attached hydrogen (secondary N) is 1. The summed E-state index contributed by atoms with van der Waals surface area (Å²) in [5.41, 5.74) is 3.12. The fraction of sp³-hybridized carbons (Fsp3) is 0.429. The minimum Gasteiger partial charge on any atom is -0.334 e. The molecule has 0 radical (unpaired) electrons. The molecule has 25 heavy (non-hydrogen) atoms. The summed E-state index contributed by atoms with van der Waals surface area (Å²) in [6, 6.07) is 12.1. The van der Waals surface area contributed by atoms with Crippen molar-refractivity contribution in [3.8, 4) is 0 Å². The van der Waals surface area contributed by atoms with Crippen LogP contribution in [0.3, 0.4) is 0 Å². The topological polar surface area (TPSA) is 45.2 Å². The molecule has 0 saturated carbocycles. The lowest BCUT2D eigenvalue weighted by atomic mass is 9.97. The summed E-state index contributed by atoms with van der Waals surface area (Å²) in [5.74, 6) is 0.796. The molecular weight excluding hydrogens is 310 g/mol. The highest BCUT2D eigenvalue weighted by molar-refractivity contribution is 5.94. The molecule has 1 aromatic carbocycles. The molecule has 4 nitrogen and oxygen atoms in total. The molecule has 1 N–H and O–H groups in total. The zero-order valence-corrected chi connectivity index (χ0v) is 14.9. The van der Waals surface area contributed by atoms with Crippen molar-refractivity contribution in [2.75, 3.05) is 19.6 Å². The minimum absolute atomic E-state index is 0.108. The average Bonchev–Trinajstić information content (AvgIpc) is 3.15. The first kappa shape index (κ1) is 17.6. The van der Waals surface area contributed by atoms with E-state index in [1.165, 1.54) is 12.0 Å². The van der Waals surface area contributed by atoms with Crippen LogP contribution >= 0.6 is 0 Å². The zero-order valence-electron chi connectivity index (χ0n) is 14.9. The molecule has 2 aromatic rings. The monoisotopic (exact) mass is 337 g/mol. The number of pyridine rings is 1.